The Hall–Kier alpha value is -1.43. The average Bonchev–Trinajstić information content (AvgIpc) is 2.88. The highest BCUT2D eigenvalue weighted by Gasteiger charge is 2.26. The molecule has 2 heterocycles. The molecule has 0 spiro atoms. The third-order valence-corrected chi connectivity index (χ3v) is 2.52. The number of aromatic amines is 1. The summed E-state index contributed by atoms with van der Waals surface area (Å²) < 4.78 is 0. The molecule has 2 N–H and O–H groups in total. The molecule has 1 unspecified atom stereocenters. The minimum atomic E-state index is -0.0449. The lowest BCUT2D eigenvalue weighted by atomic mass is 10.3. The second-order valence-electron chi connectivity index (χ2n) is 3.38. The highest BCUT2D eigenvalue weighted by Crippen LogP contribution is 2.11. The van der Waals surface area contributed by atoms with Gasteiger partial charge in [0.05, 0.1) is 6.20 Å². The van der Waals surface area contributed by atoms with Crippen molar-refractivity contribution in [3.8, 4) is 0 Å². The van der Waals surface area contributed by atoms with Gasteiger partial charge in [-0.3, -0.25) is 4.79 Å². The van der Waals surface area contributed by atoms with Crippen molar-refractivity contribution >= 4 is 5.91 Å². The zero-order valence-electron chi connectivity index (χ0n) is 8.03. The zero-order chi connectivity index (χ0) is 9.97. The van der Waals surface area contributed by atoms with Crippen molar-refractivity contribution in [2.45, 2.75) is 12.5 Å². The van der Waals surface area contributed by atoms with Gasteiger partial charge in [0, 0.05) is 19.1 Å². The molecule has 0 aromatic carbocycles. The predicted molar refractivity (Wildman–Crippen MR) is 49.8 cm³/mol. The molecule has 6 nitrogen and oxygen atoms in total. The van der Waals surface area contributed by atoms with Gasteiger partial charge in [-0.05, 0) is 13.5 Å². The summed E-state index contributed by atoms with van der Waals surface area (Å²) in [5.74, 6) is -0.0449. The number of aromatic nitrogens is 3. The summed E-state index contributed by atoms with van der Waals surface area (Å²) in [4.78, 5) is 13.5. The van der Waals surface area contributed by atoms with Crippen molar-refractivity contribution in [1.82, 2.24) is 25.6 Å². The number of likely N-dealkylation sites (N-methyl/N-ethyl adjacent to an activating group) is 1. The molecule has 1 aliphatic rings. The monoisotopic (exact) mass is 195 g/mol. The Labute approximate surface area is 81.7 Å². The number of carbonyl (C=O) groups excluding carboxylic acids is 1. The van der Waals surface area contributed by atoms with Crippen LogP contribution in [0.15, 0.2) is 6.20 Å². The highest BCUT2D eigenvalue weighted by molar-refractivity contribution is 5.92. The standard InChI is InChI=1S/C8H13N5O/c1-9-6-2-3-13(5-6)8(14)7-4-10-12-11-7/h4,6,9H,2-3,5H2,1H3,(H,10,11,12). The molecule has 1 fully saturated rings. The van der Waals surface area contributed by atoms with Gasteiger partial charge in [-0.25, -0.2) is 0 Å². The van der Waals surface area contributed by atoms with Gasteiger partial charge in [-0.1, -0.05) is 0 Å². The van der Waals surface area contributed by atoms with Crippen LogP contribution in [0.2, 0.25) is 0 Å². The van der Waals surface area contributed by atoms with Crippen LogP contribution in [0.1, 0.15) is 16.9 Å². The van der Waals surface area contributed by atoms with Crippen molar-refractivity contribution < 1.29 is 4.79 Å². The van der Waals surface area contributed by atoms with Crippen LogP contribution in [0.3, 0.4) is 0 Å². The lowest BCUT2D eigenvalue weighted by Crippen LogP contribution is -2.33. The largest absolute Gasteiger partial charge is 0.336 e. The molecule has 1 aliphatic heterocycles. The van der Waals surface area contributed by atoms with E-state index in [0.29, 0.717) is 11.7 Å². The smallest absolute Gasteiger partial charge is 0.276 e. The van der Waals surface area contributed by atoms with E-state index >= 15 is 0 Å². The molecule has 2 rings (SSSR count). The van der Waals surface area contributed by atoms with Crippen LogP contribution in [0, 0.1) is 0 Å². The summed E-state index contributed by atoms with van der Waals surface area (Å²) in [6.45, 7) is 1.54. The number of nitrogens with zero attached hydrogens (tertiary/aromatic N) is 3. The van der Waals surface area contributed by atoms with Crippen molar-refractivity contribution in [2.75, 3.05) is 20.1 Å². The minimum absolute atomic E-state index is 0.0449. The number of carbonyl (C=O) groups is 1. The number of hydrogen-bond acceptors (Lipinski definition) is 4. The summed E-state index contributed by atoms with van der Waals surface area (Å²) >= 11 is 0. The van der Waals surface area contributed by atoms with Crippen LogP contribution in [0.4, 0.5) is 0 Å². The molecule has 1 atom stereocenters. The molecule has 6 heteroatoms. The van der Waals surface area contributed by atoms with E-state index in [1.807, 2.05) is 7.05 Å². The molecule has 1 saturated heterocycles. The third kappa shape index (κ3) is 1.60. The summed E-state index contributed by atoms with van der Waals surface area (Å²) in [6.07, 6.45) is 2.45. The number of rotatable bonds is 2. The van der Waals surface area contributed by atoms with Crippen LogP contribution in [0.25, 0.3) is 0 Å². The topological polar surface area (TPSA) is 73.9 Å². The Morgan fingerprint density at radius 3 is 3.21 bits per heavy atom. The zero-order valence-corrected chi connectivity index (χ0v) is 8.03. The van der Waals surface area contributed by atoms with E-state index in [-0.39, 0.29) is 5.91 Å². The van der Waals surface area contributed by atoms with Crippen LogP contribution >= 0.6 is 0 Å². The normalized spacial score (nSPS) is 21.5. The molecule has 14 heavy (non-hydrogen) atoms. The number of hydrogen-bond donors (Lipinski definition) is 2. The van der Waals surface area contributed by atoms with Crippen LogP contribution in [0.5, 0.6) is 0 Å². The maximum absolute atomic E-state index is 11.7. The lowest BCUT2D eigenvalue weighted by molar-refractivity contribution is 0.0784. The first-order valence-corrected chi connectivity index (χ1v) is 4.63. The molecule has 0 saturated carbocycles. The van der Waals surface area contributed by atoms with Gasteiger partial charge in [0.25, 0.3) is 5.91 Å². The Balaban J connectivity index is 2.00. The van der Waals surface area contributed by atoms with Crippen LogP contribution < -0.4 is 5.32 Å². The Morgan fingerprint density at radius 1 is 1.79 bits per heavy atom. The summed E-state index contributed by atoms with van der Waals surface area (Å²) in [6, 6.07) is 0.408. The van der Waals surface area contributed by atoms with Gasteiger partial charge >= 0.3 is 0 Å². The first kappa shape index (κ1) is 9.14. The second kappa shape index (κ2) is 3.75. The molecule has 76 valence electrons. The summed E-state index contributed by atoms with van der Waals surface area (Å²) in [5, 5.41) is 13.0. The van der Waals surface area contributed by atoms with E-state index in [4.69, 9.17) is 0 Å². The second-order valence-corrected chi connectivity index (χ2v) is 3.38. The van der Waals surface area contributed by atoms with Gasteiger partial charge in [-0.15, -0.1) is 0 Å². The Kier molecular flexibility index (Phi) is 2.45. The van der Waals surface area contributed by atoms with Crippen molar-refractivity contribution in [3.05, 3.63) is 11.9 Å². The Morgan fingerprint density at radius 2 is 2.64 bits per heavy atom. The molecule has 1 aromatic rings. The molecule has 0 aliphatic carbocycles. The SMILES string of the molecule is CNC1CCN(C(=O)c2cn[nH]n2)C1. The highest BCUT2D eigenvalue weighted by atomic mass is 16.2. The molecule has 1 amide bonds. The van der Waals surface area contributed by atoms with Gasteiger partial charge in [0.1, 0.15) is 0 Å². The fraction of sp³-hybridized carbons (Fsp3) is 0.625. The lowest BCUT2D eigenvalue weighted by Gasteiger charge is -2.14. The predicted octanol–water partition coefficient (Wildman–Crippen LogP) is -0.761. The molecule has 1 aromatic heterocycles. The van der Waals surface area contributed by atoms with E-state index in [1.165, 1.54) is 6.20 Å². The maximum atomic E-state index is 11.7. The average molecular weight is 195 g/mol. The molecule has 0 bridgehead atoms. The first-order valence-electron chi connectivity index (χ1n) is 4.63. The molecular weight excluding hydrogens is 182 g/mol. The van der Waals surface area contributed by atoms with Crippen molar-refractivity contribution in [3.63, 3.8) is 0 Å². The number of H-pyrrole nitrogens is 1. The van der Waals surface area contributed by atoms with Crippen molar-refractivity contribution in [2.24, 2.45) is 0 Å². The number of likely N-dealkylation sites (tertiary alicyclic amines) is 1. The van der Waals surface area contributed by atoms with Gasteiger partial charge in [0.15, 0.2) is 5.69 Å². The fourth-order valence-electron chi connectivity index (χ4n) is 1.65. The van der Waals surface area contributed by atoms with E-state index in [9.17, 15) is 4.79 Å². The van der Waals surface area contributed by atoms with E-state index in [0.717, 1.165) is 19.5 Å². The summed E-state index contributed by atoms with van der Waals surface area (Å²) in [5.41, 5.74) is 0.391. The van der Waals surface area contributed by atoms with Gasteiger partial charge < -0.3 is 10.2 Å². The van der Waals surface area contributed by atoms with E-state index in [2.05, 4.69) is 20.7 Å². The van der Waals surface area contributed by atoms with Crippen LogP contribution in [-0.2, 0) is 0 Å². The summed E-state index contributed by atoms with van der Waals surface area (Å²) in [7, 11) is 1.91. The Bertz CT molecular complexity index is 310. The molecular formula is C8H13N5O. The van der Waals surface area contributed by atoms with Crippen molar-refractivity contribution in [1.29, 1.82) is 0 Å². The molecule has 0 radical (unpaired) electrons. The quantitative estimate of drug-likeness (QED) is 0.650. The van der Waals surface area contributed by atoms with E-state index in [1.54, 1.807) is 4.90 Å². The van der Waals surface area contributed by atoms with Gasteiger partial charge in [0.2, 0.25) is 0 Å². The van der Waals surface area contributed by atoms with Gasteiger partial charge in [-0.2, -0.15) is 15.4 Å². The number of nitrogens with one attached hydrogen (secondary N) is 2. The minimum Gasteiger partial charge on any atom is -0.336 e. The number of amides is 1. The third-order valence-electron chi connectivity index (χ3n) is 2.52. The maximum Gasteiger partial charge on any atom is 0.276 e. The van der Waals surface area contributed by atoms with E-state index < -0.39 is 0 Å². The first-order chi connectivity index (χ1) is 6.81. The van der Waals surface area contributed by atoms with Crippen LogP contribution in [-0.4, -0.2) is 52.4 Å². The fourth-order valence-corrected chi connectivity index (χ4v) is 1.65.